The van der Waals surface area contributed by atoms with E-state index in [-0.39, 0.29) is 23.4 Å². The highest BCUT2D eigenvalue weighted by Gasteiger charge is 2.35. The number of hydrogen-bond acceptors (Lipinski definition) is 5. The van der Waals surface area contributed by atoms with Gasteiger partial charge in [0.15, 0.2) is 0 Å². The van der Waals surface area contributed by atoms with E-state index in [1.165, 1.54) is 5.56 Å². The summed E-state index contributed by atoms with van der Waals surface area (Å²) in [5.74, 6) is 0.155. The Labute approximate surface area is 162 Å². The largest absolute Gasteiger partial charge is 0.381 e. The number of hydrogen-bond donors (Lipinski definition) is 3. The first-order valence-electron chi connectivity index (χ1n) is 10.1. The smallest absolute Gasteiger partial charge is 0.237 e. The van der Waals surface area contributed by atoms with E-state index in [1.54, 1.807) is 0 Å². The third-order valence-electron chi connectivity index (χ3n) is 5.95. The van der Waals surface area contributed by atoms with Gasteiger partial charge in [0, 0.05) is 44.6 Å². The Kier molecular flexibility index (Phi) is 7.24. The van der Waals surface area contributed by atoms with E-state index < -0.39 is 6.04 Å². The summed E-state index contributed by atoms with van der Waals surface area (Å²) in [6, 6.07) is 10.1. The van der Waals surface area contributed by atoms with Crippen LogP contribution in [0.15, 0.2) is 30.3 Å². The van der Waals surface area contributed by atoms with E-state index in [1.807, 2.05) is 6.07 Å². The zero-order chi connectivity index (χ0) is 19.1. The minimum absolute atomic E-state index is 0.0538. The summed E-state index contributed by atoms with van der Waals surface area (Å²) < 4.78 is 10.9. The molecule has 27 heavy (non-hydrogen) atoms. The number of ether oxygens (including phenoxy) is 2. The van der Waals surface area contributed by atoms with E-state index >= 15 is 0 Å². The van der Waals surface area contributed by atoms with Crippen LogP contribution in [0.3, 0.4) is 0 Å². The highest BCUT2D eigenvalue weighted by atomic mass is 16.5. The molecule has 1 aromatic carbocycles. The van der Waals surface area contributed by atoms with Crippen LogP contribution >= 0.6 is 0 Å². The summed E-state index contributed by atoms with van der Waals surface area (Å²) >= 11 is 0. The Morgan fingerprint density at radius 1 is 1.15 bits per heavy atom. The molecule has 2 heterocycles. The van der Waals surface area contributed by atoms with Crippen molar-refractivity contribution in [2.45, 2.75) is 50.2 Å². The summed E-state index contributed by atoms with van der Waals surface area (Å²) in [7, 11) is 0. The standard InChI is InChI=1S/C21H33N3O3/c1-16(17-5-3-2-4-6-17)24-21(9-13-27-14-10-21)15-23-20(25)19(22)18-7-11-26-12-8-18/h2-6,16,18-19,24H,7-15,22H2,1H3,(H,23,25). The zero-order valence-corrected chi connectivity index (χ0v) is 16.3. The average molecular weight is 376 g/mol. The topological polar surface area (TPSA) is 85.6 Å². The van der Waals surface area contributed by atoms with Gasteiger partial charge in [0.25, 0.3) is 0 Å². The Hall–Kier alpha value is -1.47. The fourth-order valence-electron chi connectivity index (χ4n) is 4.08. The van der Waals surface area contributed by atoms with Gasteiger partial charge in [-0.25, -0.2) is 0 Å². The maximum atomic E-state index is 12.6. The van der Waals surface area contributed by atoms with Crippen LogP contribution in [0.5, 0.6) is 0 Å². The molecule has 6 heteroatoms. The van der Waals surface area contributed by atoms with Crippen molar-refractivity contribution in [1.82, 2.24) is 10.6 Å². The van der Waals surface area contributed by atoms with Crippen molar-refractivity contribution in [2.75, 3.05) is 33.0 Å². The van der Waals surface area contributed by atoms with Crippen LogP contribution in [0.25, 0.3) is 0 Å². The van der Waals surface area contributed by atoms with Gasteiger partial charge in [-0.2, -0.15) is 0 Å². The maximum Gasteiger partial charge on any atom is 0.237 e. The van der Waals surface area contributed by atoms with Crippen molar-refractivity contribution in [2.24, 2.45) is 11.7 Å². The molecular weight excluding hydrogens is 342 g/mol. The molecule has 1 amide bonds. The molecule has 2 fully saturated rings. The second-order valence-corrected chi connectivity index (χ2v) is 7.86. The lowest BCUT2D eigenvalue weighted by atomic mass is 9.87. The SMILES string of the molecule is CC(NC1(CNC(=O)C(N)C2CCOCC2)CCOCC1)c1ccccc1. The predicted octanol–water partition coefficient (Wildman–Crippen LogP) is 1.76. The van der Waals surface area contributed by atoms with E-state index in [0.29, 0.717) is 33.0 Å². The fourth-order valence-corrected chi connectivity index (χ4v) is 4.08. The summed E-state index contributed by atoms with van der Waals surface area (Å²) in [5.41, 5.74) is 7.31. The minimum atomic E-state index is -0.461. The highest BCUT2D eigenvalue weighted by Crippen LogP contribution is 2.25. The van der Waals surface area contributed by atoms with Crippen LogP contribution in [-0.2, 0) is 14.3 Å². The quantitative estimate of drug-likeness (QED) is 0.676. The molecule has 2 atom stereocenters. The number of nitrogens with two attached hydrogens (primary N) is 1. The Balaban J connectivity index is 1.59. The van der Waals surface area contributed by atoms with Crippen LogP contribution < -0.4 is 16.4 Å². The predicted molar refractivity (Wildman–Crippen MR) is 105 cm³/mol. The van der Waals surface area contributed by atoms with Gasteiger partial charge in [-0.3, -0.25) is 4.79 Å². The van der Waals surface area contributed by atoms with E-state index in [9.17, 15) is 4.79 Å². The lowest BCUT2D eigenvalue weighted by Gasteiger charge is -2.41. The van der Waals surface area contributed by atoms with E-state index in [4.69, 9.17) is 15.2 Å². The van der Waals surface area contributed by atoms with Crippen molar-refractivity contribution in [3.8, 4) is 0 Å². The average Bonchev–Trinajstić information content (AvgIpc) is 2.73. The van der Waals surface area contributed by atoms with Gasteiger partial charge in [0.05, 0.1) is 6.04 Å². The van der Waals surface area contributed by atoms with Crippen molar-refractivity contribution in [3.63, 3.8) is 0 Å². The Morgan fingerprint density at radius 3 is 2.44 bits per heavy atom. The van der Waals surface area contributed by atoms with Crippen LogP contribution in [0.1, 0.15) is 44.2 Å². The summed E-state index contributed by atoms with van der Waals surface area (Å²) in [4.78, 5) is 12.6. The van der Waals surface area contributed by atoms with Gasteiger partial charge in [0.1, 0.15) is 0 Å². The molecule has 0 radical (unpaired) electrons. The van der Waals surface area contributed by atoms with E-state index in [0.717, 1.165) is 25.7 Å². The molecule has 2 saturated heterocycles. The van der Waals surface area contributed by atoms with Gasteiger partial charge >= 0.3 is 0 Å². The number of carbonyl (C=O) groups is 1. The molecule has 0 saturated carbocycles. The third-order valence-corrected chi connectivity index (χ3v) is 5.95. The molecular formula is C21H33N3O3. The third kappa shape index (κ3) is 5.51. The molecule has 4 N–H and O–H groups in total. The van der Waals surface area contributed by atoms with Crippen molar-refractivity contribution >= 4 is 5.91 Å². The maximum absolute atomic E-state index is 12.6. The molecule has 1 aromatic rings. The fraction of sp³-hybridized carbons (Fsp3) is 0.667. The van der Waals surface area contributed by atoms with Gasteiger partial charge < -0.3 is 25.8 Å². The first-order valence-corrected chi connectivity index (χ1v) is 10.1. The lowest BCUT2D eigenvalue weighted by Crippen LogP contribution is -2.59. The second-order valence-electron chi connectivity index (χ2n) is 7.86. The zero-order valence-electron chi connectivity index (χ0n) is 16.3. The minimum Gasteiger partial charge on any atom is -0.381 e. The molecule has 0 aromatic heterocycles. The number of nitrogens with one attached hydrogen (secondary N) is 2. The molecule has 2 aliphatic heterocycles. The molecule has 150 valence electrons. The molecule has 3 rings (SSSR count). The van der Waals surface area contributed by atoms with Gasteiger partial charge in [-0.05, 0) is 44.1 Å². The molecule has 0 spiro atoms. The van der Waals surface area contributed by atoms with E-state index in [2.05, 4.69) is 41.8 Å². The molecule has 0 bridgehead atoms. The summed E-state index contributed by atoms with van der Waals surface area (Å²) in [6.07, 6.45) is 3.46. The Bertz CT molecular complexity index is 584. The van der Waals surface area contributed by atoms with Crippen LogP contribution in [0, 0.1) is 5.92 Å². The number of carbonyl (C=O) groups excluding carboxylic acids is 1. The molecule has 0 aliphatic carbocycles. The van der Waals surface area contributed by atoms with Gasteiger partial charge in [-0.15, -0.1) is 0 Å². The van der Waals surface area contributed by atoms with Crippen molar-refractivity contribution in [3.05, 3.63) is 35.9 Å². The van der Waals surface area contributed by atoms with Gasteiger partial charge in [0.2, 0.25) is 5.91 Å². The van der Waals surface area contributed by atoms with Crippen LogP contribution in [0.2, 0.25) is 0 Å². The van der Waals surface area contributed by atoms with Crippen molar-refractivity contribution < 1.29 is 14.3 Å². The number of amides is 1. The van der Waals surface area contributed by atoms with Crippen LogP contribution in [0.4, 0.5) is 0 Å². The monoisotopic (exact) mass is 375 g/mol. The Morgan fingerprint density at radius 2 is 1.78 bits per heavy atom. The number of benzene rings is 1. The molecule has 6 nitrogen and oxygen atoms in total. The lowest BCUT2D eigenvalue weighted by molar-refractivity contribution is -0.125. The second kappa shape index (κ2) is 9.64. The normalized spacial score (nSPS) is 22.7. The first-order chi connectivity index (χ1) is 13.1. The molecule has 2 aliphatic rings. The van der Waals surface area contributed by atoms with Gasteiger partial charge in [-0.1, -0.05) is 30.3 Å². The molecule has 2 unspecified atom stereocenters. The van der Waals surface area contributed by atoms with Crippen molar-refractivity contribution in [1.29, 1.82) is 0 Å². The summed E-state index contributed by atoms with van der Waals surface area (Å²) in [5, 5.41) is 6.89. The first kappa shape index (κ1) is 20.3. The van der Waals surface area contributed by atoms with Crippen LogP contribution in [-0.4, -0.2) is 50.5 Å². The number of rotatable bonds is 7. The highest BCUT2D eigenvalue weighted by molar-refractivity contribution is 5.81. The summed E-state index contributed by atoms with van der Waals surface area (Å²) in [6.45, 7) is 5.55.